The molecule has 0 aromatic heterocycles. The number of carbonyl (C=O) groups is 1. The molecule has 126 valence electrons. The van der Waals surface area contributed by atoms with Crippen molar-refractivity contribution >= 4 is 45.7 Å². The Kier molecular flexibility index (Phi) is 3.81. The minimum atomic E-state index is -0.346. The lowest BCUT2D eigenvalue weighted by Gasteiger charge is -2.28. The molecule has 0 radical (unpaired) electrons. The molecule has 2 aliphatic heterocycles. The van der Waals surface area contributed by atoms with Crippen LogP contribution in [0.4, 0.5) is 5.69 Å². The van der Waals surface area contributed by atoms with Gasteiger partial charge in [0.25, 0.3) is 0 Å². The smallest absolute Gasteiger partial charge is 0.247 e. The van der Waals surface area contributed by atoms with E-state index in [0.29, 0.717) is 5.11 Å². The van der Waals surface area contributed by atoms with Gasteiger partial charge in [0.1, 0.15) is 5.92 Å². The van der Waals surface area contributed by atoms with Crippen molar-refractivity contribution in [3.8, 4) is 0 Å². The maximum Gasteiger partial charge on any atom is 0.247 e. The molecule has 25 heavy (non-hydrogen) atoms. The minimum Gasteiger partial charge on any atom is -0.273 e. The van der Waals surface area contributed by atoms with Gasteiger partial charge in [0.15, 0.2) is 0 Å². The topological polar surface area (TPSA) is 32.7 Å². The molecule has 1 atom stereocenters. The molecule has 0 spiro atoms. The van der Waals surface area contributed by atoms with Gasteiger partial charge in [-0.25, -0.2) is 4.99 Å². The zero-order valence-electron chi connectivity index (χ0n) is 14.3. The van der Waals surface area contributed by atoms with Crippen molar-refractivity contribution in [1.82, 2.24) is 0 Å². The second-order valence-electron chi connectivity index (χ2n) is 7.28. The number of aliphatic imine (C=N–C) groups is 1. The molecule has 0 N–H and O–H groups in total. The van der Waals surface area contributed by atoms with Crippen molar-refractivity contribution in [2.75, 3.05) is 4.90 Å². The number of thiocarbonyl (C=S) groups is 1. The summed E-state index contributed by atoms with van der Waals surface area (Å²) < 4.78 is 0. The van der Waals surface area contributed by atoms with Gasteiger partial charge < -0.3 is 0 Å². The first-order valence-electron chi connectivity index (χ1n) is 8.20. The first-order valence-corrected chi connectivity index (χ1v) is 9.42. The van der Waals surface area contributed by atoms with E-state index in [4.69, 9.17) is 12.2 Å². The molecule has 2 aromatic carbocycles. The SMILES string of the molecule is CC(C)(C)c1ccc2c(c1)SC1=NC(=S)N(c3ccccc3)C(=O)C12. The van der Waals surface area contributed by atoms with Gasteiger partial charge in [0, 0.05) is 4.90 Å². The molecule has 5 heteroatoms. The molecule has 0 saturated heterocycles. The zero-order valence-corrected chi connectivity index (χ0v) is 15.9. The van der Waals surface area contributed by atoms with Crippen molar-refractivity contribution < 1.29 is 4.79 Å². The molecule has 0 fully saturated rings. The average Bonchev–Trinajstić information content (AvgIpc) is 2.92. The monoisotopic (exact) mass is 366 g/mol. The van der Waals surface area contributed by atoms with Crippen LogP contribution in [0.3, 0.4) is 0 Å². The number of fused-ring (bicyclic) bond motifs is 3. The molecule has 2 heterocycles. The highest BCUT2D eigenvalue weighted by atomic mass is 32.2. The normalized spacial score (nSPS) is 19.6. The molecule has 2 aliphatic rings. The third-order valence-electron chi connectivity index (χ3n) is 4.53. The third-order valence-corrected chi connectivity index (χ3v) is 5.91. The number of amides is 1. The van der Waals surface area contributed by atoms with Crippen LogP contribution in [0.15, 0.2) is 58.4 Å². The van der Waals surface area contributed by atoms with Crippen LogP contribution < -0.4 is 4.90 Å². The standard InChI is InChI=1S/C20H18N2OS2/c1-20(2,3)12-9-10-14-15(11-12)25-17-16(14)18(23)22(19(24)21-17)13-7-5-4-6-8-13/h4-11,16H,1-3H3. The quantitative estimate of drug-likeness (QED) is 0.673. The Morgan fingerprint density at radius 1 is 1.12 bits per heavy atom. The lowest BCUT2D eigenvalue weighted by atomic mass is 9.85. The number of anilines is 1. The lowest BCUT2D eigenvalue weighted by Crippen LogP contribution is -2.43. The molecule has 1 unspecified atom stereocenters. The van der Waals surface area contributed by atoms with E-state index >= 15 is 0 Å². The Bertz CT molecular complexity index is 913. The van der Waals surface area contributed by atoms with Crippen LogP contribution in [0, 0.1) is 0 Å². The highest BCUT2D eigenvalue weighted by Gasteiger charge is 2.43. The van der Waals surface area contributed by atoms with Crippen molar-refractivity contribution in [3.05, 3.63) is 59.7 Å². The van der Waals surface area contributed by atoms with Gasteiger partial charge in [0.2, 0.25) is 11.0 Å². The number of para-hydroxylation sites is 1. The van der Waals surface area contributed by atoms with Crippen LogP contribution in [-0.2, 0) is 10.2 Å². The first kappa shape index (κ1) is 16.5. The summed E-state index contributed by atoms with van der Waals surface area (Å²) in [5.41, 5.74) is 3.13. The molecule has 2 aromatic rings. The predicted octanol–water partition coefficient (Wildman–Crippen LogP) is 4.90. The van der Waals surface area contributed by atoms with Crippen LogP contribution in [0.1, 0.15) is 37.8 Å². The molecule has 0 bridgehead atoms. The second kappa shape index (κ2) is 5.78. The van der Waals surface area contributed by atoms with Crippen LogP contribution in [0.25, 0.3) is 0 Å². The molecular weight excluding hydrogens is 348 g/mol. The summed E-state index contributed by atoms with van der Waals surface area (Å²) in [6, 6.07) is 15.9. The number of benzene rings is 2. The van der Waals surface area contributed by atoms with E-state index < -0.39 is 0 Å². The first-order chi connectivity index (χ1) is 11.9. The third kappa shape index (κ3) is 2.71. The van der Waals surface area contributed by atoms with Gasteiger partial charge >= 0.3 is 0 Å². The molecule has 0 aliphatic carbocycles. The van der Waals surface area contributed by atoms with Crippen molar-refractivity contribution in [2.45, 2.75) is 37.0 Å². The minimum absolute atomic E-state index is 0.0176. The number of hydrogen-bond acceptors (Lipinski definition) is 3. The van der Waals surface area contributed by atoms with E-state index in [1.807, 2.05) is 30.3 Å². The lowest BCUT2D eigenvalue weighted by molar-refractivity contribution is -0.117. The predicted molar refractivity (Wildman–Crippen MR) is 108 cm³/mol. The van der Waals surface area contributed by atoms with E-state index in [2.05, 4.69) is 44.0 Å². The fraction of sp³-hybridized carbons (Fsp3) is 0.250. The maximum atomic E-state index is 13.2. The van der Waals surface area contributed by atoms with Gasteiger partial charge in [-0.05, 0) is 47.0 Å². The van der Waals surface area contributed by atoms with E-state index in [1.165, 1.54) is 5.56 Å². The van der Waals surface area contributed by atoms with Crippen LogP contribution in [-0.4, -0.2) is 16.1 Å². The van der Waals surface area contributed by atoms with E-state index in [0.717, 1.165) is 21.2 Å². The molecule has 1 amide bonds. The van der Waals surface area contributed by atoms with Gasteiger partial charge in [-0.1, -0.05) is 62.9 Å². The van der Waals surface area contributed by atoms with Crippen LogP contribution in [0.5, 0.6) is 0 Å². The summed E-state index contributed by atoms with van der Waals surface area (Å²) in [5, 5.41) is 1.11. The van der Waals surface area contributed by atoms with Gasteiger partial charge in [-0.15, -0.1) is 0 Å². The Hall–Kier alpha value is -1.98. The number of nitrogens with zero attached hydrogens (tertiary/aromatic N) is 2. The zero-order chi connectivity index (χ0) is 17.8. The van der Waals surface area contributed by atoms with Crippen molar-refractivity contribution in [1.29, 1.82) is 0 Å². The molecular formula is C20H18N2OS2. The van der Waals surface area contributed by atoms with E-state index in [-0.39, 0.29) is 17.2 Å². The summed E-state index contributed by atoms with van der Waals surface area (Å²) >= 11 is 6.98. The largest absolute Gasteiger partial charge is 0.273 e. The van der Waals surface area contributed by atoms with Crippen LogP contribution >= 0.6 is 24.0 Å². The Morgan fingerprint density at radius 2 is 1.84 bits per heavy atom. The van der Waals surface area contributed by atoms with Crippen LogP contribution in [0.2, 0.25) is 0 Å². The summed E-state index contributed by atoms with van der Waals surface area (Å²) in [7, 11) is 0. The molecule has 3 nitrogen and oxygen atoms in total. The van der Waals surface area contributed by atoms with Crippen molar-refractivity contribution in [3.63, 3.8) is 0 Å². The number of rotatable bonds is 1. The summed E-state index contributed by atoms with van der Waals surface area (Å²) in [6.45, 7) is 6.57. The Labute approximate surface area is 157 Å². The van der Waals surface area contributed by atoms with E-state index in [1.54, 1.807) is 16.7 Å². The molecule has 4 rings (SSSR count). The summed E-state index contributed by atoms with van der Waals surface area (Å²) in [5.74, 6) is -0.364. The Balaban J connectivity index is 1.78. The van der Waals surface area contributed by atoms with Gasteiger partial charge in [0.05, 0.1) is 10.7 Å². The highest BCUT2D eigenvalue weighted by Crippen LogP contribution is 2.46. The highest BCUT2D eigenvalue weighted by molar-refractivity contribution is 8.14. The average molecular weight is 367 g/mol. The number of thioether (sulfide) groups is 1. The van der Waals surface area contributed by atoms with Crippen molar-refractivity contribution in [2.24, 2.45) is 4.99 Å². The van der Waals surface area contributed by atoms with Gasteiger partial charge in [-0.3, -0.25) is 9.69 Å². The molecule has 0 saturated carbocycles. The number of carbonyl (C=O) groups excluding carboxylic acids is 1. The van der Waals surface area contributed by atoms with Gasteiger partial charge in [-0.2, -0.15) is 0 Å². The number of hydrogen-bond donors (Lipinski definition) is 0. The second-order valence-corrected chi connectivity index (χ2v) is 8.71. The fourth-order valence-electron chi connectivity index (χ4n) is 3.14. The Morgan fingerprint density at radius 3 is 2.52 bits per heavy atom. The summed E-state index contributed by atoms with van der Waals surface area (Å²) in [6.07, 6.45) is 0. The van der Waals surface area contributed by atoms with E-state index in [9.17, 15) is 4.79 Å². The fourth-order valence-corrected chi connectivity index (χ4v) is 4.68. The maximum absolute atomic E-state index is 13.2. The summed E-state index contributed by atoms with van der Waals surface area (Å²) in [4.78, 5) is 20.4.